The highest BCUT2D eigenvalue weighted by atomic mass is 35.5. The van der Waals surface area contributed by atoms with Gasteiger partial charge in [-0.05, 0) is 54.5 Å². The molecule has 0 fully saturated rings. The van der Waals surface area contributed by atoms with Crippen molar-refractivity contribution in [3.8, 4) is 0 Å². The molecule has 10 heteroatoms. The number of carboxylic acids is 1. The lowest BCUT2D eigenvalue weighted by atomic mass is 9.89. The van der Waals surface area contributed by atoms with Gasteiger partial charge in [-0.2, -0.15) is 8.78 Å². The highest BCUT2D eigenvalue weighted by Gasteiger charge is 2.43. The zero-order chi connectivity index (χ0) is 19.9. The van der Waals surface area contributed by atoms with E-state index in [0.717, 1.165) is 11.3 Å². The Kier molecular flexibility index (Phi) is 5.73. The number of amides is 1. The van der Waals surface area contributed by atoms with Crippen molar-refractivity contribution in [3.63, 3.8) is 0 Å². The van der Waals surface area contributed by atoms with E-state index in [9.17, 15) is 28.3 Å². The van der Waals surface area contributed by atoms with E-state index in [-0.39, 0.29) is 23.5 Å². The maximum atomic E-state index is 13.0. The maximum Gasteiger partial charge on any atom is 0.307 e. The Labute approximate surface area is 166 Å². The number of aliphatic carboxylic acids is 1. The molecule has 2 heterocycles. The highest BCUT2D eigenvalue weighted by Crippen LogP contribution is 2.42. The second-order valence-electron chi connectivity index (χ2n) is 6.03. The number of carbonyl (C=O) groups is 3. The van der Waals surface area contributed by atoms with Crippen molar-refractivity contribution >= 4 is 52.4 Å². The lowest BCUT2D eigenvalue weighted by molar-refractivity contribution is -0.136. The smallest absolute Gasteiger partial charge is 0.307 e. The average Bonchev–Trinajstić information content (AvgIpc) is 3.11. The van der Waals surface area contributed by atoms with E-state index in [0.29, 0.717) is 32.8 Å². The van der Waals surface area contributed by atoms with Crippen molar-refractivity contribution in [2.75, 3.05) is 0 Å². The quantitative estimate of drug-likeness (QED) is 0.558. The van der Waals surface area contributed by atoms with E-state index in [1.807, 2.05) is 0 Å². The van der Waals surface area contributed by atoms with Crippen molar-refractivity contribution in [1.29, 1.82) is 0 Å². The lowest BCUT2D eigenvalue weighted by Gasteiger charge is -2.30. The summed E-state index contributed by atoms with van der Waals surface area (Å²) < 4.78 is 25.4. The van der Waals surface area contributed by atoms with Crippen LogP contribution >= 0.6 is 34.7 Å². The van der Waals surface area contributed by atoms with Gasteiger partial charge in [0.1, 0.15) is 0 Å². The van der Waals surface area contributed by atoms with Gasteiger partial charge in [0.25, 0.3) is 11.7 Å². The number of carboxylic acid groups (broad SMARTS) is 1. The SMILES string of the molecule is CC1=C(CC(=O)O)C2=CC(=O)C(Cl)CC2N1C(=O)c1ccc(SC(F)F)s1. The molecule has 0 spiro atoms. The van der Waals surface area contributed by atoms with Crippen LogP contribution in [0, 0.1) is 0 Å². The fourth-order valence-electron chi connectivity index (χ4n) is 3.28. The van der Waals surface area contributed by atoms with Crippen LogP contribution in [-0.4, -0.2) is 44.8 Å². The zero-order valence-corrected chi connectivity index (χ0v) is 16.3. The number of nitrogens with zero attached hydrogens (tertiary/aromatic N) is 1. The Morgan fingerprint density at radius 1 is 1.44 bits per heavy atom. The second kappa shape index (κ2) is 7.73. The Morgan fingerprint density at radius 3 is 2.78 bits per heavy atom. The molecule has 1 aliphatic heterocycles. The summed E-state index contributed by atoms with van der Waals surface area (Å²) in [6.45, 7) is 1.62. The number of halogens is 3. The summed E-state index contributed by atoms with van der Waals surface area (Å²) in [5.74, 6) is -4.41. The van der Waals surface area contributed by atoms with Crippen LogP contribution in [0.2, 0.25) is 0 Å². The summed E-state index contributed by atoms with van der Waals surface area (Å²) in [4.78, 5) is 37.9. The summed E-state index contributed by atoms with van der Waals surface area (Å²) >= 11 is 7.37. The fraction of sp³-hybridized carbons (Fsp3) is 0.353. The normalized spacial score (nSPS) is 22.3. The van der Waals surface area contributed by atoms with Crippen molar-refractivity contribution < 1.29 is 28.3 Å². The van der Waals surface area contributed by atoms with Crippen LogP contribution in [0.4, 0.5) is 8.78 Å². The molecule has 0 bridgehead atoms. The Hall–Kier alpha value is -1.71. The summed E-state index contributed by atoms with van der Waals surface area (Å²) in [5.41, 5.74) is 1.34. The number of hydrogen-bond acceptors (Lipinski definition) is 5. The van der Waals surface area contributed by atoms with Gasteiger partial charge in [0.15, 0.2) is 5.78 Å². The molecule has 2 unspecified atom stereocenters. The molecule has 0 radical (unpaired) electrons. The topological polar surface area (TPSA) is 74.7 Å². The van der Waals surface area contributed by atoms with E-state index in [1.54, 1.807) is 6.92 Å². The van der Waals surface area contributed by atoms with E-state index < -0.39 is 29.1 Å². The minimum absolute atomic E-state index is 0.169. The van der Waals surface area contributed by atoms with Crippen molar-refractivity contribution in [2.45, 2.75) is 41.2 Å². The molecule has 0 aromatic carbocycles. The molecule has 1 amide bonds. The molecule has 2 aliphatic rings. The largest absolute Gasteiger partial charge is 0.481 e. The van der Waals surface area contributed by atoms with E-state index in [4.69, 9.17) is 11.6 Å². The second-order valence-corrected chi connectivity index (χ2v) is 8.93. The van der Waals surface area contributed by atoms with Gasteiger partial charge in [0.05, 0.1) is 26.9 Å². The first kappa shape index (κ1) is 20.0. The Balaban J connectivity index is 1.97. The molecular formula is C17H14ClF2NO4S2. The Bertz CT molecular complexity index is 880. The minimum Gasteiger partial charge on any atom is -0.481 e. The lowest BCUT2D eigenvalue weighted by Crippen LogP contribution is -2.40. The van der Waals surface area contributed by atoms with Gasteiger partial charge >= 0.3 is 5.97 Å². The summed E-state index contributed by atoms with van der Waals surface area (Å²) in [7, 11) is 0. The predicted molar refractivity (Wildman–Crippen MR) is 98.4 cm³/mol. The number of allylic oxidation sites excluding steroid dienone is 2. The van der Waals surface area contributed by atoms with Crippen LogP contribution in [0.25, 0.3) is 0 Å². The third kappa shape index (κ3) is 3.95. The standard InChI is InChI=1S/C17H14ClF2NO4S2/c1-7-8(5-14(23)24)9-4-12(22)10(18)6-11(9)21(7)16(25)13-2-3-15(26-13)27-17(19)20/h2-4,10-11,17H,5-6H2,1H3,(H,23,24). The molecule has 1 N–H and O–H groups in total. The summed E-state index contributed by atoms with van der Waals surface area (Å²) in [6.07, 6.45) is 1.16. The third-order valence-electron chi connectivity index (χ3n) is 4.40. The average molecular weight is 434 g/mol. The Morgan fingerprint density at radius 2 is 2.15 bits per heavy atom. The predicted octanol–water partition coefficient (Wildman–Crippen LogP) is 4.14. The minimum atomic E-state index is -2.59. The summed E-state index contributed by atoms with van der Waals surface area (Å²) in [5, 5.41) is 8.38. The molecule has 0 saturated heterocycles. The molecule has 1 aromatic heterocycles. The number of rotatable bonds is 5. The monoisotopic (exact) mass is 433 g/mol. The first-order chi connectivity index (χ1) is 12.7. The first-order valence-electron chi connectivity index (χ1n) is 7.88. The van der Waals surface area contributed by atoms with E-state index in [2.05, 4.69) is 0 Å². The van der Waals surface area contributed by atoms with Crippen LogP contribution in [-0.2, 0) is 9.59 Å². The molecule has 0 saturated carbocycles. The van der Waals surface area contributed by atoms with Crippen molar-refractivity contribution in [2.24, 2.45) is 0 Å². The van der Waals surface area contributed by atoms with Gasteiger partial charge in [-0.3, -0.25) is 14.4 Å². The number of thioether (sulfide) groups is 1. The van der Waals surface area contributed by atoms with Crippen molar-refractivity contribution in [3.05, 3.63) is 39.9 Å². The molecule has 27 heavy (non-hydrogen) atoms. The number of alkyl halides is 3. The number of hydrogen-bond donors (Lipinski definition) is 1. The van der Waals surface area contributed by atoms with E-state index in [1.165, 1.54) is 23.1 Å². The van der Waals surface area contributed by atoms with Gasteiger partial charge in [0.2, 0.25) is 0 Å². The molecule has 3 rings (SSSR count). The van der Waals surface area contributed by atoms with Crippen molar-refractivity contribution in [1.82, 2.24) is 4.90 Å². The van der Waals surface area contributed by atoms with Gasteiger partial charge in [-0.25, -0.2) is 0 Å². The first-order valence-corrected chi connectivity index (χ1v) is 10.0. The van der Waals surface area contributed by atoms with Crippen LogP contribution in [0.15, 0.2) is 39.3 Å². The van der Waals surface area contributed by atoms with Crippen LogP contribution in [0.5, 0.6) is 0 Å². The zero-order valence-electron chi connectivity index (χ0n) is 13.9. The van der Waals surface area contributed by atoms with E-state index >= 15 is 0 Å². The number of thiophene rings is 1. The molecule has 5 nitrogen and oxygen atoms in total. The van der Waals surface area contributed by atoms with Gasteiger partial charge < -0.3 is 10.0 Å². The number of fused-ring (bicyclic) bond motifs is 1. The van der Waals surface area contributed by atoms with Crippen LogP contribution < -0.4 is 0 Å². The number of carbonyl (C=O) groups excluding carboxylic acids is 2. The molecular weight excluding hydrogens is 420 g/mol. The van der Waals surface area contributed by atoms with Crippen LogP contribution in [0.3, 0.4) is 0 Å². The van der Waals surface area contributed by atoms with Gasteiger partial charge in [-0.15, -0.1) is 22.9 Å². The molecule has 144 valence electrons. The van der Waals surface area contributed by atoms with Gasteiger partial charge in [-0.1, -0.05) is 0 Å². The van der Waals surface area contributed by atoms with Crippen LogP contribution in [0.1, 0.15) is 29.4 Å². The molecule has 1 aliphatic carbocycles. The molecule has 2 atom stereocenters. The number of ketones is 1. The third-order valence-corrected chi connectivity index (χ3v) is 6.74. The highest BCUT2D eigenvalue weighted by molar-refractivity contribution is 8.01. The van der Waals surface area contributed by atoms with Gasteiger partial charge in [0, 0.05) is 5.70 Å². The summed E-state index contributed by atoms with van der Waals surface area (Å²) in [6, 6.07) is 2.38. The molecule has 1 aromatic rings. The maximum absolute atomic E-state index is 13.0. The fourth-order valence-corrected chi connectivity index (χ4v) is 5.19.